The first-order chi connectivity index (χ1) is 8.32. The van der Waals surface area contributed by atoms with Gasteiger partial charge in [0.25, 0.3) is 5.69 Å². The van der Waals surface area contributed by atoms with Crippen LogP contribution >= 0.6 is 0 Å². The molecule has 0 aliphatic carbocycles. The molecule has 1 atom stereocenters. The number of aromatic hydroxyl groups is 1. The molecule has 18 heavy (non-hydrogen) atoms. The van der Waals surface area contributed by atoms with Crippen molar-refractivity contribution >= 4 is 17.3 Å². The zero-order chi connectivity index (χ0) is 13.9. The smallest absolute Gasteiger partial charge is 0.296 e. The van der Waals surface area contributed by atoms with E-state index in [0.717, 1.165) is 6.07 Å². The molecule has 1 amide bonds. The highest BCUT2D eigenvalue weighted by molar-refractivity contribution is 5.96. The summed E-state index contributed by atoms with van der Waals surface area (Å²) in [4.78, 5) is 21.8. The van der Waals surface area contributed by atoms with Crippen LogP contribution in [0.15, 0.2) is 18.2 Å². The Hall–Kier alpha value is -2.15. The summed E-state index contributed by atoms with van der Waals surface area (Å²) in [5.74, 6) is -0.826. The van der Waals surface area contributed by atoms with Gasteiger partial charge >= 0.3 is 0 Å². The van der Waals surface area contributed by atoms with Crippen LogP contribution in [0.2, 0.25) is 0 Å². The summed E-state index contributed by atoms with van der Waals surface area (Å²) >= 11 is 0. The fourth-order valence-electron chi connectivity index (χ4n) is 1.30. The third kappa shape index (κ3) is 3.17. The molecule has 7 nitrogen and oxygen atoms in total. The summed E-state index contributed by atoms with van der Waals surface area (Å²) in [6.07, 6.45) is 0. The Morgan fingerprint density at radius 3 is 2.61 bits per heavy atom. The van der Waals surface area contributed by atoms with Gasteiger partial charge in [-0.05, 0) is 18.1 Å². The Bertz CT molecular complexity index is 473. The van der Waals surface area contributed by atoms with Gasteiger partial charge in [0.05, 0.1) is 17.0 Å². The van der Waals surface area contributed by atoms with Gasteiger partial charge in [-0.3, -0.25) is 14.9 Å². The highest BCUT2D eigenvalue weighted by Crippen LogP contribution is 2.28. The number of nitrogens with one attached hydrogen (secondary N) is 1. The molecule has 1 rings (SSSR count). The number of rotatable bonds is 4. The van der Waals surface area contributed by atoms with Gasteiger partial charge in [-0.1, -0.05) is 13.8 Å². The summed E-state index contributed by atoms with van der Waals surface area (Å²) in [6, 6.07) is 2.73. The fraction of sp³-hybridized carbons (Fsp3) is 0.364. The molecule has 7 heteroatoms. The van der Waals surface area contributed by atoms with Crippen molar-refractivity contribution in [1.82, 2.24) is 0 Å². The van der Waals surface area contributed by atoms with Crippen LogP contribution in [0.1, 0.15) is 13.8 Å². The number of phenolic OH excluding ortho intramolecular Hbond substituents is 1. The lowest BCUT2D eigenvalue weighted by molar-refractivity contribution is -0.384. The standard InChI is InChI=1S/C11H15N3O4/c1-6(2)10(12)11(16)13-8-4-3-7(15)5-9(8)14(17)18/h3-6,10,15H,12H2,1-2H3,(H,13,16). The average Bonchev–Trinajstić information content (AvgIpc) is 2.29. The number of nitrogens with zero attached hydrogens (tertiary/aromatic N) is 1. The highest BCUT2D eigenvalue weighted by Gasteiger charge is 2.21. The van der Waals surface area contributed by atoms with Crippen LogP contribution in [0.3, 0.4) is 0 Å². The number of carbonyl (C=O) groups excluding carboxylic acids is 1. The van der Waals surface area contributed by atoms with E-state index in [4.69, 9.17) is 5.73 Å². The Balaban J connectivity index is 2.98. The molecule has 0 spiro atoms. The van der Waals surface area contributed by atoms with E-state index in [1.807, 2.05) is 0 Å². The lowest BCUT2D eigenvalue weighted by Crippen LogP contribution is -2.39. The second-order valence-corrected chi connectivity index (χ2v) is 4.22. The normalized spacial score (nSPS) is 12.2. The molecule has 0 bridgehead atoms. The first kappa shape index (κ1) is 13.9. The van der Waals surface area contributed by atoms with Gasteiger partial charge in [0.15, 0.2) is 0 Å². The van der Waals surface area contributed by atoms with E-state index in [-0.39, 0.29) is 23.0 Å². The minimum absolute atomic E-state index is 0.0129. The maximum absolute atomic E-state index is 11.7. The first-order valence-corrected chi connectivity index (χ1v) is 5.36. The number of amides is 1. The van der Waals surface area contributed by atoms with Crippen molar-refractivity contribution in [1.29, 1.82) is 0 Å². The van der Waals surface area contributed by atoms with Gasteiger partial charge in [0, 0.05) is 0 Å². The van der Waals surface area contributed by atoms with E-state index in [1.54, 1.807) is 13.8 Å². The van der Waals surface area contributed by atoms with Crippen LogP contribution in [0, 0.1) is 16.0 Å². The second-order valence-electron chi connectivity index (χ2n) is 4.22. The van der Waals surface area contributed by atoms with Crippen LogP contribution in [-0.2, 0) is 4.79 Å². The van der Waals surface area contributed by atoms with Gasteiger partial charge < -0.3 is 16.2 Å². The number of carbonyl (C=O) groups is 1. The van der Waals surface area contributed by atoms with Gasteiger partial charge in [-0.15, -0.1) is 0 Å². The Morgan fingerprint density at radius 1 is 1.50 bits per heavy atom. The molecule has 0 radical (unpaired) electrons. The monoisotopic (exact) mass is 253 g/mol. The molecule has 98 valence electrons. The van der Waals surface area contributed by atoms with Crippen LogP contribution in [0.5, 0.6) is 5.75 Å². The Kier molecular flexibility index (Phi) is 4.22. The van der Waals surface area contributed by atoms with Crippen LogP contribution in [0.25, 0.3) is 0 Å². The highest BCUT2D eigenvalue weighted by atomic mass is 16.6. The largest absolute Gasteiger partial charge is 0.508 e. The molecule has 0 fully saturated rings. The second kappa shape index (κ2) is 5.46. The molecule has 0 aromatic heterocycles. The van der Waals surface area contributed by atoms with E-state index in [2.05, 4.69) is 5.32 Å². The molecule has 0 aliphatic heterocycles. The quantitative estimate of drug-likeness (QED) is 0.423. The van der Waals surface area contributed by atoms with E-state index < -0.39 is 16.9 Å². The predicted octanol–water partition coefficient (Wildman–Crippen LogP) is 1.22. The number of anilines is 1. The van der Waals surface area contributed by atoms with Crippen LogP contribution < -0.4 is 11.1 Å². The molecule has 1 aromatic rings. The molecular weight excluding hydrogens is 238 g/mol. The molecule has 1 unspecified atom stereocenters. The number of nitro benzene ring substituents is 1. The number of nitro groups is 1. The first-order valence-electron chi connectivity index (χ1n) is 5.36. The summed E-state index contributed by atoms with van der Waals surface area (Å²) in [6.45, 7) is 3.55. The van der Waals surface area contributed by atoms with Crippen molar-refractivity contribution in [2.24, 2.45) is 11.7 Å². The van der Waals surface area contributed by atoms with Gasteiger partial charge in [-0.2, -0.15) is 0 Å². The molecule has 0 saturated heterocycles. The molecule has 0 heterocycles. The third-order valence-electron chi connectivity index (χ3n) is 2.46. The topological polar surface area (TPSA) is 118 Å². The number of nitrogens with two attached hydrogens (primary N) is 1. The van der Waals surface area contributed by atoms with Crippen molar-refractivity contribution in [3.05, 3.63) is 28.3 Å². The van der Waals surface area contributed by atoms with E-state index >= 15 is 0 Å². The molecule has 0 saturated carbocycles. The lowest BCUT2D eigenvalue weighted by Gasteiger charge is -2.15. The van der Waals surface area contributed by atoms with Crippen molar-refractivity contribution in [3.8, 4) is 5.75 Å². The predicted molar refractivity (Wildman–Crippen MR) is 66.2 cm³/mol. The Labute approximate surface area is 104 Å². The van der Waals surface area contributed by atoms with Gasteiger partial charge in [0.2, 0.25) is 5.91 Å². The number of hydrogen-bond donors (Lipinski definition) is 3. The number of phenols is 1. The minimum atomic E-state index is -0.751. The molecule has 0 aliphatic rings. The van der Waals surface area contributed by atoms with Crippen LogP contribution in [-0.4, -0.2) is 22.0 Å². The van der Waals surface area contributed by atoms with Crippen molar-refractivity contribution < 1.29 is 14.8 Å². The summed E-state index contributed by atoms with van der Waals surface area (Å²) in [5.41, 5.74) is 5.27. The summed E-state index contributed by atoms with van der Waals surface area (Å²) in [5, 5.41) is 22.3. The van der Waals surface area contributed by atoms with E-state index in [0.29, 0.717) is 0 Å². The number of benzene rings is 1. The fourth-order valence-corrected chi connectivity index (χ4v) is 1.30. The Morgan fingerprint density at radius 2 is 2.11 bits per heavy atom. The van der Waals surface area contributed by atoms with Crippen molar-refractivity contribution in [2.75, 3.05) is 5.32 Å². The molecule has 1 aromatic carbocycles. The maximum Gasteiger partial charge on any atom is 0.296 e. The zero-order valence-electron chi connectivity index (χ0n) is 10.1. The van der Waals surface area contributed by atoms with E-state index in [9.17, 15) is 20.0 Å². The van der Waals surface area contributed by atoms with Crippen molar-refractivity contribution in [3.63, 3.8) is 0 Å². The van der Waals surface area contributed by atoms with Gasteiger partial charge in [0.1, 0.15) is 11.4 Å². The maximum atomic E-state index is 11.7. The molecular formula is C11H15N3O4. The van der Waals surface area contributed by atoms with E-state index in [1.165, 1.54) is 12.1 Å². The number of hydrogen-bond acceptors (Lipinski definition) is 5. The SMILES string of the molecule is CC(C)C(N)C(=O)Nc1ccc(O)cc1[N+](=O)[O-]. The van der Waals surface area contributed by atoms with Crippen molar-refractivity contribution in [2.45, 2.75) is 19.9 Å². The van der Waals surface area contributed by atoms with Gasteiger partial charge in [-0.25, -0.2) is 0 Å². The zero-order valence-corrected chi connectivity index (χ0v) is 10.1. The summed E-state index contributed by atoms with van der Waals surface area (Å²) in [7, 11) is 0. The third-order valence-corrected chi connectivity index (χ3v) is 2.46. The molecule has 4 N–H and O–H groups in total. The van der Waals surface area contributed by atoms with Crippen LogP contribution in [0.4, 0.5) is 11.4 Å². The minimum Gasteiger partial charge on any atom is -0.508 e. The summed E-state index contributed by atoms with van der Waals surface area (Å²) < 4.78 is 0. The average molecular weight is 253 g/mol. The lowest BCUT2D eigenvalue weighted by atomic mass is 10.0.